The van der Waals surface area contributed by atoms with Gasteiger partial charge in [-0.25, -0.2) is 4.79 Å². The number of nitrogens with zero attached hydrogens (tertiary/aromatic N) is 1. The number of carbonyl (C=O) groups is 1. The highest BCUT2D eigenvalue weighted by atomic mass is 32.1. The predicted molar refractivity (Wildman–Crippen MR) is 60.6 cm³/mol. The van der Waals surface area contributed by atoms with Crippen LogP contribution in [0.4, 0.5) is 9.18 Å². The first kappa shape index (κ1) is 11.4. The summed E-state index contributed by atoms with van der Waals surface area (Å²) in [5, 5.41) is 8.82. The molecule has 1 N–H and O–H groups in total. The monoisotopic (exact) mass is 243 g/mol. The van der Waals surface area contributed by atoms with Crippen LogP contribution in [0.5, 0.6) is 0 Å². The normalized spacial score (nSPS) is 19.3. The van der Waals surface area contributed by atoms with Gasteiger partial charge in [-0.2, -0.15) is 4.39 Å². The Morgan fingerprint density at radius 3 is 2.88 bits per heavy atom. The zero-order valence-electron chi connectivity index (χ0n) is 9.29. The second-order valence-corrected chi connectivity index (χ2v) is 5.35. The molecule has 1 aromatic heterocycles. The van der Waals surface area contributed by atoms with Crippen molar-refractivity contribution in [1.82, 2.24) is 4.90 Å². The molecule has 0 saturated carbocycles. The molecule has 0 radical (unpaired) electrons. The van der Waals surface area contributed by atoms with Crippen molar-refractivity contribution >= 4 is 17.4 Å². The number of aryl methyl sites for hydroxylation is 1. The number of likely N-dealkylation sites (N-methyl/N-ethyl adjacent to an activating group) is 1. The SMILES string of the molecule is Cc1sc(F)c2c1CC(N(C)C(=O)O)CC2. The van der Waals surface area contributed by atoms with Gasteiger partial charge in [-0.1, -0.05) is 0 Å². The van der Waals surface area contributed by atoms with Crippen LogP contribution in [0.25, 0.3) is 0 Å². The maximum atomic E-state index is 13.5. The smallest absolute Gasteiger partial charge is 0.407 e. The Morgan fingerprint density at radius 2 is 2.25 bits per heavy atom. The lowest BCUT2D eigenvalue weighted by molar-refractivity contribution is 0.134. The third-order valence-corrected chi connectivity index (χ3v) is 4.26. The molecule has 1 unspecified atom stereocenters. The van der Waals surface area contributed by atoms with Gasteiger partial charge in [0.25, 0.3) is 0 Å². The number of halogens is 1. The summed E-state index contributed by atoms with van der Waals surface area (Å²) in [6.45, 7) is 1.90. The van der Waals surface area contributed by atoms with Crippen LogP contribution in [0.15, 0.2) is 0 Å². The Labute approximate surface area is 97.5 Å². The van der Waals surface area contributed by atoms with Crippen molar-refractivity contribution in [2.45, 2.75) is 32.2 Å². The molecule has 1 atom stereocenters. The van der Waals surface area contributed by atoms with E-state index in [1.54, 1.807) is 7.05 Å². The summed E-state index contributed by atoms with van der Waals surface area (Å²) in [6.07, 6.45) is 1.09. The number of hydrogen-bond acceptors (Lipinski definition) is 2. The summed E-state index contributed by atoms with van der Waals surface area (Å²) < 4.78 is 13.5. The second kappa shape index (κ2) is 4.05. The minimum absolute atomic E-state index is 0.0160. The summed E-state index contributed by atoms with van der Waals surface area (Å²) in [6, 6.07) is -0.0160. The summed E-state index contributed by atoms with van der Waals surface area (Å²) in [5.74, 6) is 0. The Kier molecular flexibility index (Phi) is 2.88. The van der Waals surface area contributed by atoms with Crippen LogP contribution < -0.4 is 0 Å². The molecular formula is C11H14FNO2S. The standard InChI is InChI=1S/C11H14FNO2S/c1-6-9-5-7(13(2)11(14)15)3-4-8(9)10(12)16-6/h7H,3-5H2,1-2H3,(H,14,15). The van der Waals surface area contributed by atoms with Crippen LogP contribution in [0, 0.1) is 12.1 Å². The number of thiophene rings is 1. The van der Waals surface area contributed by atoms with Gasteiger partial charge in [-0.3, -0.25) is 0 Å². The molecule has 2 rings (SSSR count). The van der Waals surface area contributed by atoms with Crippen LogP contribution in [0.3, 0.4) is 0 Å². The van der Waals surface area contributed by atoms with Crippen LogP contribution in [0.1, 0.15) is 22.4 Å². The number of amides is 1. The lowest BCUT2D eigenvalue weighted by atomic mass is 9.89. The molecule has 0 aliphatic heterocycles. The van der Waals surface area contributed by atoms with E-state index in [0.29, 0.717) is 19.3 Å². The van der Waals surface area contributed by atoms with Gasteiger partial charge in [-0.05, 0) is 31.7 Å². The Balaban J connectivity index is 2.23. The summed E-state index contributed by atoms with van der Waals surface area (Å²) >= 11 is 1.17. The van der Waals surface area contributed by atoms with E-state index >= 15 is 0 Å². The second-order valence-electron chi connectivity index (χ2n) is 4.18. The highest BCUT2D eigenvalue weighted by molar-refractivity contribution is 7.10. The lowest BCUT2D eigenvalue weighted by Gasteiger charge is -2.29. The average molecular weight is 243 g/mol. The van der Waals surface area contributed by atoms with Crippen molar-refractivity contribution in [3.05, 3.63) is 21.1 Å². The summed E-state index contributed by atoms with van der Waals surface area (Å²) in [5.41, 5.74) is 1.82. The highest BCUT2D eigenvalue weighted by Gasteiger charge is 2.28. The highest BCUT2D eigenvalue weighted by Crippen LogP contribution is 2.33. The molecule has 0 bridgehead atoms. The van der Waals surface area contributed by atoms with Crippen molar-refractivity contribution in [2.24, 2.45) is 0 Å². The first-order valence-electron chi connectivity index (χ1n) is 5.23. The zero-order valence-corrected chi connectivity index (χ0v) is 10.1. The van der Waals surface area contributed by atoms with Crippen LogP contribution in [-0.2, 0) is 12.8 Å². The third-order valence-electron chi connectivity index (χ3n) is 3.29. The minimum Gasteiger partial charge on any atom is -0.465 e. The van der Waals surface area contributed by atoms with Gasteiger partial charge >= 0.3 is 6.09 Å². The van der Waals surface area contributed by atoms with Crippen molar-refractivity contribution in [3.63, 3.8) is 0 Å². The molecule has 1 heterocycles. The van der Waals surface area contributed by atoms with Crippen LogP contribution >= 0.6 is 11.3 Å². The molecule has 1 amide bonds. The van der Waals surface area contributed by atoms with Crippen molar-refractivity contribution in [3.8, 4) is 0 Å². The van der Waals surface area contributed by atoms with Gasteiger partial charge < -0.3 is 10.0 Å². The maximum Gasteiger partial charge on any atom is 0.407 e. The molecule has 3 nitrogen and oxygen atoms in total. The van der Waals surface area contributed by atoms with E-state index in [1.165, 1.54) is 16.2 Å². The van der Waals surface area contributed by atoms with E-state index in [4.69, 9.17) is 5.11 Å². The van der Waals surface area contributed by atoms with E-state index in [2.05, 4.69) is 0 Å². The predicted octanol–water partition coefficient (Wildman–Crippen LogP) is 2.66. The molecule has 1 aliphatic rings. The van der Waals surface area contributed by atoms with Crippen LogP contribution in [-0.4, -0.2) is 29.2 Å². The van der Waals surface area contributed by atoms with E-state index < -0.39 is 6.09 Å². The van der Waals surface area contributed by atoms with Gasteiger partial charge in [0.1, 0.15) is 0 Å². The number of rotatable bonds is 1. The fourth-order valence-corrected chi connectivity index (χ4v) is 3.19. The molecule has 0 aromatic carbocycles. The van der Waals surface area contributed by atoms with E-state index in [-0.39, 0.29) is 11.2 Å². The Hall–Kier alpha value is -1.10. The molecule has 16 heavy (non-hydrogen) atoms. The molecule has 0 saturated heterocycles. The van der Waals surface area contributed by atoms with Crippen molar-refractivity contribution in [2.75, 3.05) is 7.05 Å². The Bertz CT molecular complexity index is 430. The first-order chi connectivity index (χ1) is 7.50. The van der Waals surface area contributed by atoms with E-state index in [9.17, 15) is 9.18 Å². The summed E-state index contributed by atoms with van der Waals surface area (Å²) in [7, 11) is 1.58. The number of hydrogen-bond donors (Lipinski definition) is 1. The topological polar surface area (TPSA) is 40.5 Å². The van der Waals surface area contributed by atoms with Gasteiger partial charge in [0, 0.05) is 23.5 Å². The van der Waals surface area contributed by atoms with Gasteiger partial charge in [-0.15, -0.1) is 11.3 Å². The molecule has 88 valence electrons. The molecule has 1 aromatic rings. The molecule has 0 spiro atoms. The molecule has 0 fully saturated rings. The number of fused-ring (bicyclic) bond motifs is 1. The van der Waals surface area contributed by atoms with E-state index in [0.717, 1.165) is 16.0 Å². The van der Waals surface area contributed by atoms with Crippen LogP contribution in [0.2, 0.25) is 0 Å². The van der Waals surface area contributed by atoms with Gasteiger partial charge in [0.15, 0.2) is 5.13 Å². The largest absolute Gasteiger partial charge is 0.465 e. The van der Waals surface area contributed by atoms with Crippen molar-refractivity contribution in [1.29, 1.82) is 0 Å². The summed E-state index contributed by atoms with van der Waals surface area (Å²) in [4.78, 5) is 13.2. The fraction of sp³-hybridized carbons (Fsp3) is 0.545. The van der Waals surface area contributed by atoms with E-state index in [1.807, 2.05) is 6.92 Å². The molecular weight excluding hydrogens is 229 g/mol. The number of carboxylic acid groups (broad SMARTS) is 1. The molecule has 1 aliphatic carbocycles. The average Bonchev–Trinajstić information content (AvgIpc) is 2.53. The van der Waals surface area contributed by atoms with Crippen molar-refractivity contribution < 1.29 is 14.3 Å². The fourth-order valence-electron chi connectivity index (χ4n) is 2.24. The first-order valence-corrected chi connectivity index (χ1v) is 6.04. The van der Waals surface area contributed by atoms with Gasteiger partial charge in [0.05, 0.1) is 0 Å². The third kappa shape index (κ3) is 1.80. The minimum atomic E-state index is -0.915. The molecule has 5 heteroatoms. The maximum absolute atomic E-state index is 13.5. The quantitative estimate of drug-likeness (QED) is 0.823. The Morgan fingerprint density at radius 1 is 1.56 bits per heavy atom. The zero-order chi connectivity index (χ0) is 11.9. The lowest BCUT2D eigenvalue weighted by Crippen LogP contribution is -2.39. The van der Waals surface area contributed by atoms with Gasteiger partial charge in [0.2, 0.25) is 0 Å².